The first-order chi connectivity index (χ1) is 46.8. The Morgan fingerprint density at radius 3 is 1.45 bits per heavy atom. The Morgan fingerprint density at radius 1 is 0.480 bits per heavy atom. The molecule has 0 aromatic rings. The molecule has 14 nitrogen and oxygen atoms in total. The minimum atomic E-state index is -0.469. The molecule has 0 saturated heterocycles. The number of rotatable bonds is 24. The van der Waals surface area contributed by atoms with E-state index in [1.807, 2.05) is 69.2 Å². The van der Waals surface area contributed by atoms with Crippen molar-refractivity contribution in [2.45, 2.75) is 407 Å². The second-order valence-corrected chi connectivity index (χ2v) is 40.1. The maximum absolute atomic E-state index is 14.2. The summed E-state index contributed by atoms with van der Waals surface area (Å²) in [5.74, 6) is 5.24. The van der Waals surface area contributed by atoms with Crippen LogP contribution in [0.3, 0.4) is 0 Å². The van der Waals surface area contributed by atoms with Gasteiger partial charge in [-0.25, -0.2) is 0 Å². The Kier molecular flexibility index (Phi) is 22.7. The first kappa shape index (κ1) is 77.8. The highest BCUT2D eigenvalue weighted by molar-refractivity contribution is 5.78. The maximum Gasteiger partial charge on any atom is 0.312 e. The first-order valence-electron chi connectivity index (χ1n) is 41.5. The van der Waals surface area contributed by atoms with Crippen LogP contribution in [-0.4, -0.2) is 93.8 Å². The second kappa shape index (κ2) is 29.1. The summed E-state index contributed by atoms with van der Waals surface area (Å²) in [6, 6.07) is 0. The summed E-state index contributed by atoms with van der Waals surface area (Å²) in [4.78, 5) is 78.2. The summed E-state index contributed by atoms with van der Waals surface area (Å²) in [5.41, 5.74) is -3.53. The fraction of sp³-hybridized carbons (Fsp3) is 0.930. The molecule has 17 saturated carbocycles. The molecule has 100 heavy (non-hydrogen) atoms. The van der Waals surface area contributed by atoms with Gasteiger partial charge in [-0.3, -0.25) is 28.8 Å². The average Bonchev–Trinajstić information content (AvgIpc) is 0.725. The maximum atomic E-state index is 14.2. The zero-order valence-corrected chi connectivity index (χ0v) is 66.1. The van der Waals surface area contributed by atoms with Crippen molar-refractivity contribution in [1.82, 2.24) is 0 Å². The van der Waals surface area contributed by atoms with Gasteiger partial charge in [-0.15, -0.1) is 0 Å². The Labute approximate surface area is 605 Å². The van der Waals surface area contributed by atoms with Gasteiger partial charge in [-0.1, -0.05) is 61.8 Å². The van der Waals surface area contributed by atoms with Gasteiger partial charge in [0, 0.05) is 31.3 Å². The molecule has 568 valence electrons. The van der Waals surface area contributed by atoms with Gasteiger partial charge < -0.3 is 37.9 Å². The van der Waals surface area contributed by atoms with Gasteiger partial charge in [0.25, 0.3) is 0 Å². The van der Waals surface area contributed by atoms with Crippen LogP contribution in [-0.2, 0) is 66.7 Å². The van der Waals surface area contributed by atoms with Crippen LogP contribution >= 0.6 is 0 Å². The number of fused-ring (bicyclic) bond motifs is 3. The van der Waals surface area contributed by atoms with Crippen molar-refractivity contribution in [2.75, 3.05) is 6.61 Å². The quantitative estimate of drug-likeness (QED) is 0.0507. The molecule has 0 aliphatic heterocycles. The summed E-state index contributed by atoms with van der Waals surface area (Å²) in [6.45, 7) is 35.8. The zero-order valence-electron chi connectivity index (χ0n) is 66.1. The molecule has 14 bridgehead atoms. The Morgan fingerprint density at radius 2 is 0.960 bits per heavy atom. The fourth-order valence-electron chi connectivity index (χ4n) is 23.6. The largest absolute Gasteiger partial charge is 0.461 e. The lowest BCUT2D eigenvalue weighted by Gasteiger charge is -2.63. The van der Waals surface area contributed by atoms with Gasteiger partial charge in [-0.2, -0.15) is 0 Å². The van der Waals surface area contributed by atoms with Crippen LogP contribution in [0.15, 0.2) is 0 Å². The molecule has 0 radical (unpaired) electrons. The number of hydrogen-bond acceptors (Lipinski definition) is 14. The summed E-state index contributed by atoms with van der Waals surface area (Å²) in [7, 11) is 0. The smallest absolute Gasteiger partial charge is 0.312 e. The molecule has 17 fully saturated rings. The fourth-order valence-corrected chi connectivity index (χ4v) is 23.6. The van der Waals surface area contributed by atoms with E-state index in [1.165, 1.54) is 51.4 Å². The lowest BCUT2D eigenvalue weighted by atomic mass is 9.45. The van der Waals surface area contributed by atoms with Crippen molar-refractivity contribution in [3.8, 4) is 0 Å². The lowest BCUT2D eigenvalue weighted by molar-refractivity contribution is -0.251. The van der Waals surface area contributed by atoms with Crippen LogP contribution < -0.4 is 0 Å². The molecule has 17 aliphatic carbocycles. The Hall–Kier alpha value is -3.26. The predicted octanol–water partition coefficient (Wildman–Crippen LogP) is 19.8. The molecule has 0 N–H and O–H groups in total. The van der Waals surface area contributed by atoms with Crippen LogP contribution in [0.25, 0.3) is 0 Å². The van der Waals surface area contributed by atoms with Crippen molar-refractivity contribution in [2.24, 2.45) is 92.2 Å². The molecule has 17 aliphatic rings. The number of ether oxygens (including phenoxy) is 8. The normalized spacial score (nSPS) is 40.1. The molecule has 0 heterocycles. The molecule has 0 aromatic carbocycles. The van der Waals surface area contributed by atoms with E-state index in [1.54, 1.807) is 0 Å². The van der Waals surface area contributed by atoms with E-state index in [2.05, 4.69) is 48.5 Å². The van der Waals surface area contributed by atoms with Crippen molar-refractivity contribution in [3.63, 3.8) is 0 Å². The molecule has 8 unspecified atom stereocenters. The molecule has 0 spiro atoms. The summed E-state index contributed by atoms with van der Waals surface area (Å²) in [6.07, 6.45) is 37.0. The third-order valence-corrected chi connectivity index (χ3v) is 30.6. The van der Waals surface area contributed by atoms with Gasteiger partial charge in [0.05, 0.1) is 45.4 Å². The van der Waals surface area contributed by atoms with Crippen molar-refractivity contribution < 1.29 is 66.7 Å². The van der Waals surface area contributed by atoms with Crippen molar-refractivity contribution in [1.29, 1.82) is 0 Å². The number of carbonyl (C=O) groups is 6. The molecule has 14 heteroatoms. The van der Waals surface area contributed by atoms with Gasteiger partial charge in [0.2, 0.25) is 0 Å². The highest BCUT2D eigenvalue weighted by Crippen LogP contribution is 2.67. The lowest BCUT2D eigenvalue weighted by Crippen LogP contribution is -2.63. The van der Waals surface area contributed by atoms with E-state index in [0.29, 0.717) is 60.9 Å². The van der Waals surface area contributed by atoms with E-state index in [9.17, 15) is 28.8 Å². The molecule has 8 atom stereocenters. The SMILES string of the molecule is CCC(C)(C)C(=O)OC12CC3CC(CC(OCCCC(=O)OC4(C)CCCCC4)(C3)C1)C2.CCC(C)(C)C(=O)OC1CC2(C(C)C)CCC1(C)CC2C(=O)OC1(CC)C2CC3CC(C2)CC1C3.CCC(C)(C)OC(=O)C1CCC(OC23CC4CC(CC(OC(=O)C(C)(C)CC)(C4)C2)C3)CC1. The predicted molar refractivity (Wildman–Crippen MR) is 388 cm³/mol. The van der Waals surface area contributed by atoms with Crippen molar-refractivity contribution in [3.05, 3.63) is 0 Å². The third kappa shape index (κ3) is 16.2. The molecule has 17 rings (SSSR count). The Bertz CT molecular complexity index is 2860. The van der Waals surface area contributed by atoms with E-state index in [0.717, 1.165) is 185 Å². The molecule has 0 amide bonds. The van der Waals surface area contributed by atoms with Crippen LogP contribution in [0.4, 0.5) is 0 Å². The zero-order chi connectivity index (χ0) is 72.5. The van der Waals surface area contributed by atoms with E-state index in [4.69, 9.17) is 37.9 Å². The highest BCUT2D eigenvalue weighted by Gasteiger charge is 2.67. The van der Waals surface area contributed by atoms with Crippen molar-refractivity contribution >= 4 is 35.8 Å². The van der Waals surface area contributed by atoms with Crippen LogP contribution in [0, 0.1) is 92.2 Å². The number of carbonyl (C=O) groups excluding carboxylic acids is 6. The third-order valence-electron chi connectivity index (χ3n) is 30.6. The van der Waals surface area contributed by atoms with Crippen LogP contribution in [0.1, 0.15) is 355 Å². The Balaban J connectivity index is 0.000000151. The molecule has 0 aromatic heterocycles. The second-order valence-electron chi connectivity index (χ2n) is 40.1. The van der Waals surface area contributed by atoms with Crippen LogP contribution in [0.2, 0.25) is 0 Å². The molecular formula is C86H140O14. The highest BCUT2D eigenvalue weighted by atomic mass is 16.6. The summed E-state index contributed by atoms with van der Waals surface area (Å²) >= 11 is 0. The minimum Gasteiger partial charge on any atom is -0.461 e. The van der Waals surface area contributed by atoms with Gasteiger partial charge in [0.15, 0.2) is 0 Å². The average molecular weight is 1400 g/mol. The number of esters is 6. The van der Waals surface area contributed by atoms with E-state index < -0.39 is 16.2 Å². The number of hydrogen-bond donors (Lipinski definition) is 0. The summed E-state index contributed by atoms with van der Waals surface area (Å²) in [5, 5.41) is 0. The van der Waals surface area contributed by atoms with Gasteiger partial charge in [0.1, 0.15) is 34.1 Å². The van der Waals surface area contributed by atoms with E-state index >= 15 is 0 Å². The van der Waals surface area contributed by atoms with Gasteiger partial charge in [-0.05, 0) is 333 Å². The monoisotopic (exact) mass is 1400 g/mol. The van der Waals surface area contributed by atoms with Crippen LogP contribution in [0.5, 0.6) is 0 Å². The molecular weight excluding hydrogens is 1260 g/mol. The topological polar surface area (TPSA) is 176 Å². The standard InChI is InChI=1S/C31H50O4.C28H46O5.C27H44O5/c1-8-28(5,6)27(33)34-25-18-30(19(3)4)11-10-29(25,7)17-24(30)26(32)35-31(9-2)22-13-20-12-21(15-22)16-23(31)14-20;1-7-25(3,4)24(30)33-28-16-19-13-20(17-28)15-27(14-19,18-28)31-22-11-9-21(10-12-22)23(29)32-26(5,6)8-2;1-5-24(2,3)23(29)32-27-17-20-14-21(18-27)16-26(15-20,19-27)30-13-9-10-22(28)31-25(4)11-7-6-8-12-25/h19-25H,8-18H2,1-7H3;19-22H,7-18H2,1-6H3;20-21H,5-19H2,1-4H3. The van der Waals surface area contributed by atoms with E-state index in [-0.39, 0.29) is 110 Å². The first-order valence-corrected chi connectivity index (χ1v) is 41.5. The minimum absolute atomic E-state index is 0.00406. The van der Waals surface area contributed by atoms with Gasteiger partial charge >= 0.3 is 35.8 Å². The summed E-state index contributed by atoms with van der Waals surface area (Å²) < 4.78 is 50.7.